The van der Waals surface area contributed by atoms with Crippen LogP contribution in [0.25, 0.3) is 0 Å². The Labute approximate surface area is 105 Å². The molecule has 1 amide bonds. The third-order valence-corrected chi connectivity index (χ3v) is 2.68. The van der Waals surface area contributed by atoms with Crippen LogP contribution in [0.3, 0.4) is 0 Å². The summed E-state index contributed by atoms with van der Waals surface area (Å²) in [5.41, 5.74) is 1.01. The van der Waals surface area contributed by atoms with E-state index in [9.17, 15) is 4.79 Å². The number of aromatic nitrogens is 2. The smallest absolute Gasteiger partial charge is 0.287 e. The number of benzene rings is 1. The second-order valence-electron chi connectivity index (χ2n) is 3.91. The fraction of sp³-hybridized carbons (Fsp3) is 0.231. The van der Waals surface area contributed by atoms with E-state index in [0.29, 0.717) is 5.82 Å². The molecular formula is C13H15N3O2. The van der Waals surface area contributed by atoms with Gasteiger partial charge in [-0.25, -0.2) is 4.98 Å². The number of hydrogen-bond acceptors (Lipinski definition) is 3. The van der Waals surface area contributed by atoms with Crippen molar-refractivity contribution in [2.75, 3.05) is 7.11 Å². The van der Waals surface area contributed by atoms with Crippen molar-refractivity contribution in [3.63, 3.8) is 0 Å². The molecule has 2 N–H and O–H groups in total. The van der Waals surface area contributed by atoms with Gasteiger partial charge < -0.3 is 15.0 Å². The van der Waals surface area contributed by atoms with Crippen molar-refractivity contribution in [2.45, 2.75) is 13.0 Å². The van der Waals surface area contributed by atoms with Crippen LogP contribution in [0.4, 0.5) is 0 Å². The molecular weight excluding hydrogens is 230 g/mol. The van der Waals surface area contributed by atoms with Crippen LogP contribution in [0.2, 0.25) is 0 Å². The Kier molecular flexibility index (Phi) is 3.62. The Hall–Kier alpha value is -2.30. The largest absolute Gasteiger partial charge is 0.497 e. The number of ether oxygens (including phenoxy) is 1. The predicted molar refractivity (Wildman–Crippen MR) is 67.5 cm³/mol. The number of nitrogens with one attached hydrogen (secondary N) is 2. The van der Waals surface area contributed by atoms with Gasteiger partial charge in [-0.2, -0.15) is 0 Å². The lowest BCUT2D eigenvalue weighted by Crippen LogP contribution is -2.27. The number of H-pyrrole nitrogens is 1. The molecule has 5 nitrogen and oxygen atoms in total. The van der Waals surface area contributed by atoms with Gasteiger partial charge in [0.15, 0.2) is 5.82 Å². The third kappa shape index (κ3) is 2.68. The fourth-order valence-corrected chi connectivity index (χ4v) is 1.63. The number of rotatable bonds is 4. The van der Waals surface area contributed by atoms with Crippen LogP contribution in [0, 0.1) is 0 Å². The van der Waals surface area contributed by atoms with E-state index in [1.54, 1.807) is 19.5 Å². The van der Waals surface area contributed by atoms with Gasteiger partial charge in [0.2, 0.25) is 0 Å². The molecule has 0 aliphatic heterocycles. The average Bonchev–Trinajstić information content (AvgIpc) is 2.92. The summed E-state index contributed by atoms with van der Waals surface area (Å²) in [6, 6.07) is 7.49. The zero-order valence-electron chi connectivity index (χ0n) is 10.3. The molecule has 94 valence electrons. The summed E-state index contributed by atoms with van der Waals surface area (Å²) >= 11 is 0. The van der Waals surface area contributed by atoms with Crippen LogP contribution in [0.15, 0.2) is 36.7 Å². The number of methoxy groups -OCH3 is 1. The lowest BCUT2D eigenvalue weighted by molar-refractivity contribution is 0.0930. The number of nitrogens with zero attached hydrogens (tertiary/aromatic N) is 1. The molecule has 1 aromatic heterocycles. The number of aromatic amines is 1. The van der Waals surface area contributed by atoms with Crippen molar-refractivity contribution >= 4 is 5.91 Å². The van der Waals surface area contributed by atoms with E-state index in [1.807, 2.05) is 31.2 Å². The second kappa shape index (κ2) is 5.35. The first-order chi connectivity index (χ1) is 8.70. The summed E-state index contributed by atoms with van der Waals surface area (Å²) in [6.45, 7) is 1.92. The Morgan fingerprint density at radius 2 is 2.11 bits per heavy atom. The van der Waals surface area contributed by atoms with Crippen molar-refractivity contribution in [2.24, 2.45) is 0 Å². The van der Waals surface area contributed by atoms with Crippen molar-refractivity contribution in [1.29, 1.82) is 0 Å². The molecule has 5 heteroatoms. The molecule has 0 radical (unpaired) electrons. The van der Waals surface area contributed by atoms with Gasteiger partial charge in [0.05, 0.1) is 13.2 Å². The maximum Gasteiger partial charge on any atom is 0.287 e. The Morgan fingerprint density at radius 1 is 1.39 bits per heavy atom. The molecule has 0 saturated carbocycles. The third-order valence-electron chi connectivity index (χ3n) is 2.68. The van der Waals surface area contributed by atoms with Crippen molar-refractivity contribution in [3.8, 4) is 5.75 Å². The van der Waals surface area contributed by atoms with Gasteiger partial charge in [0, 0.05) is 12.4 Å². The van der Waals surface area contributed by atoms with Crippen molar-refractivity contribution in [1.82, 2.24) is 15.3 Å². The van der Waals surface area contributed by atoms with Crippen LogP contribution in [-0.4, -0.2) is 23.0 Å². The SMILES string of the molecule is COc1ccc(C(C)NC(=O)c2ncc[nH]2)cc1. The maximum atomic E-state index is 11.8. The number of carbonyl (C=O) groups excluding carboxylic acids is 1. The molecule has 1 atom stereocenters. The summed E-state index contributed by atoms with van der Waals surface area (Å²) in [6.07, 6.45) is 3.17. The monoisotopic (exact) mass is 245 g/mol. The van der Waals surface area contributed by atoms with E-state index < -0.39 is 0 Å². The Morgan fingerprint density at radius 3 is 2.67 bits per heavy atom. The lowest BCUT2D eigenvalue weighted by atomic mass is 10.1. The molecule has 0 aliphatic rings. The standard InChI is InChI=1S/C13H15N3O2/c1-9(10-3-5-11(18-2)6-4-10)16-13(17)12-14-7-8-15-12/h3-9H,1-2H3,(H,14,15)(H,16,17). The zero-order chi connectivity index (χ0) is 13.0. The number of carbonyl (C=O) groups is 1. The van der Waals surface area contributed by atoms with Crippen LogP contribution in [-0.2, 0) is 0 Å². The molecule has 0 bridgehead atoms. The van der Waals surface area contributed by atoms with Crippen LogP contribution in [0.1, 0.15) is 29.1 Å². The summed E-state index contributed by atoms with van der Waals surface area (Å²) < 4.78 is 5.09. The zero-order valence-corrected chi connectivity index (χ0v) is 10.3. The number of hydrogen-bond donors (Lipinski definition) is 2. The molecule has 18 heavy (non-hydrogen) atoms. The van der Waals surface area contributed by atoms with E-state index in [0.717, 1.165) is 11.3 Å². The van der Waals surface area contributed by atoms with Gasteiger partial charge in [-0.15, -0.1) is 0 Å². The van der Waals surface area contributed by atoms with Gasteiger partial charge in [0.1, 0.15) is 5.75 Å². The fourth-order valence-electron chi connectivity index (χ4n) is 1.63. The van der Waals surface area contributed by atoms with Gasteiger partial charge in [-0.3, -0.25) is 4.79 Å². The molecule has 0 spiro atoms. The summed E-state index contributed by atoms with van der Waals surface area (Å²) in [4.78, 5) is 18.5. The number of imidazole rings is 1. The molecule has 0 saturated heterocycles. The Balaban J connectivity index is 2.02. The highest BCUT2D eigenvalue weighted by atomic mass is 16.5. The highest BCUT2D eigenvalue weighted by molar-refractivity contribution is 5.90. The molecule has 0 aliphatic carbocycles. The van der Waals surface area contributed by atoms with Crippen molar-refractivity contribution < 1.29 is 9.53 Å². The van der Waals surface area contributed by atoms with Gasteiger partial charge in [-0.05, 0) is 24.6 Å². The lowest BCUT2D eigenvalue weighted by Gasteiger charge is -2.13. The summed E-state index contributed by atoms with van der Waals surface area (Å²) in [5.74, 6) is 0.891. The predicted octanol–water partition coefficient (Wildman–Crippen LogP) is 1.91. The normalized spacial score (nSPS) is 11.9. The quantitative estimate of drug-likeness (QED) is 0.864. The first-order valence-electron chi connectivity index (χ1n) is 5.65. The first kappa shape index (κ1) is 12.2. The van der Waals surface area contributed by atoms with Gasteiger partial charge in [-0.1, -0.05) is 12.1 Å². The van der Waals surface area contributed by atoms with Crippen LogP contribution in [0.5, 0.6) is 5.75 Å². The first-order valence-corrected chi connectivity index (χ1v) is 5.65. The van der Waals surface area contributed by atoms with E-state index in [4.69, 9.17) is 4.74 Å². The molecule has 0 fully saturated rings. The van der Waals surface area contributed by atoms with E-state index in [1.165, 1.54) is 0 Å². The minimum atomic E-state index is -0.219. The second-order valence-corrected chi connectivity index (χ2v) is 3.91. The topological polar surface area (TPSA) is 67.0 Å². The molecule has 2 aromatic rings. The summed E-state index contributed by atoms with van der Waals surface area (Å²) in [5, 5.41) is 2.86. The summed E-state index contributed by atoms with van der Waals surface area (Å²) in [7, 11) is 1.62. The number of amides is 1. The molecule has 1 heterocycles. The van der Waals surface area contributed by atoms with E-state index >= 15 is 0 Å². The van der Waals surface area contributed by atoms with Crippen LogP contribution < -0.4 is 10.1 Å². The van der Waals surface area contributed by atoms with Crippen molar-refractivity contribution in [3.05, 3.63) is 48.0 Å². The highest BCUT2D eigenvalue weighted by Gasteiger charge is 2.12. The van der Waals surface area contributed by atoms with Gasteiger partial charge >= 0.3 is 0 Å². The van der Waals surface area contributed by atoms with Crippen LogP contribution >= 0.6 is 0 Å². The molecule has 1 aromatic carbocycles. The van der Waals surface area contributed by atoms with Gasteiger partial charge in [0.25, 0.3) is 5.91 Å². The molecule has 1 unspecified atom stereocenters. The van der Waals surface area contributed by atoms with E-state index in [2.05, 4.69) is 15.3 Å². The Bertz CT molecular complexity index is 506. The molecule has 2 rings (SSSR count). The minimum absolute atomic E-state index is 0.0893. The van der Waals surface area contributed by atoms with E-state index in [-0.39, 0.29) is 11.9 Å². The average molecular weight is 245 g/mol. The highest BCUT2D eigenvalue weighted by Crippen LogP contribution is 2.17. The minimum Gasteiger partial charge on any atom is -0.497 e. The maximum absolute atomic E-state index is 11.8.